The van der Waals surface area contributed by atoms with Gasteiger partial charge in [0.25, 0.3) is 0 Å². The van der Waals surface area contributed by atoms with Crippen molar-refractivity contribution in [3.63, 3.8) is 0 Å². The highest BCUT2D eigenvalue weighted by Crippen LogP contribution is 2.44. The second kappa shape index (κ2) is 11.6. The number of benzene rings is 2. The normalized spacial score (nSPS) is 15.1. The molecule has 9 heteroatoms. The number of nitriles is 1. The van der Waals surface area contributed by atoms with E-state index in [2.05, 4.69) is 67.5 Å². The van der Waals surface area contributed by atoms with Crippen LogP contribution in [0.5, 0.6) is 5.75 Å². The zero-order valence-corrected chi connectivity index (χ0v) is 25.3. The van der Waals surface area contributed by atoms with Gasteiger partial charge in [0.15, 0.2) is 11.0 Å². The molecule has 40 heavy (non-hydrogen) atoms. The number of nitrogens with one attached hydrogen (secondary N) is 1. The number of hydrogen-bond acceptors (Lipinski definition) is 7. The van der Waals surface area contributed by atoms with Crippen molar-refractivity contribution in [2.75, 3.05) is 11.1 Å². The summed E-state index contributed by atoms with van der Waals surface area (Å²) in [5.74, 6) is 2.14. The summed E-state index contributed by atoms with van der Waals surface area (Å²) in [7, 11) is 0. The molecule has 2 heterocycles. The molecule has 0 radical (unpaired) electrons. The molecule has 1 N–H and O–H groups in total. The van der Waals surface area contributed by atoms with Crippen LogP contribution >= 0.6 is 23.1 Å². The highest BCUT2D eigenvalue weighted by Gasteiger charge is 2.32. The van der Waals surface area contributed by atoms with Gasteiger partial charge >= 0.3 is 0 Å². The maximum Gasteiger partial charge on any atom is 0.235 e. The molecule has 208 valence electrons. The number of hydrogen-bond donors (Lipinski definition) is 1. The molecule has 2 aromatic carbocycles. The highest BCUT2D eigenvalue weighted by molar-refractivity contribution is 7.99. The van der Waals surface area contributed by atoms with E-state index >= 15 is 0 Å². The van der Waals surface area contributed by atoms with Crippen molar-refractivity contribution in [2.45, 2.75) is 72.2 Å². The van der Waals surface area contributed by atoms with Gasteiger partial charge in [0.2, 0.25) is 5.91 Å². The molecule has 1 atom stereocenters. The molecular weight excluding hydrogens is 539 g/mol. The maximum atomic E-state index is 12.9. The summed E-state index contributed by atoms with van der Waals surface area (Å²) in [6.45, 7) is 11.9. The van der Waals surface area contributed by atoms with Gasteiger partial charge in [-0.05, 0) is 72.4 Å². The summed E-state index contributed by atoms with van der Waals surface area (Å²) in [6, 6.07) is 14.7. The quantitative estimate of drug-likeness (QED) is 0.225. The summed E-state index contributed by atoms with van der Waals surface area (Å²) in [6.07, 6.45) is 2.93. The lowest BCUT2D eigenvalue weighted by atomic mass is 9.72. The smallest absolute Gasteiger partial charge is 0.235 e. The number of aryl methyl sites for hydroxylation is 1. The molecule has 0 spiro atoms. The second-order valence-electron chi connectivity index (χ2n) is 11.3. The van der Waals surface area contributed by atoms with E-state index in [0.717, 1.165) is 36.1 Å². The fourth-order valence-electron chi connectivity index (χ4n) is 5.38. The summed E-state index contributed by atoms with van der Waals surface area (Å²) in [5.41, 5.74) is 3.06. The monoisotopic (exact) mass is 573 g/mol. The van der Waals surface area contributed by atoms with Gasteiger partial charge in [-0.2, -0.15) is 5.26 Å². The standard InChI is InChI=1S/C31H35N5O2S2/c1-6-36-27(17-38-25-14-11-20-9-7-8-10-22(20)19(25)2)34-35-30(36)39-18-28(37)33-29-24(16-32)23-13-12-21(31(3,4)5)15-26(23)40-29/h7-11,14,21H,6,12-13,15,17-18H2,1-5H3,(H,33,37)/t21-/m1/s1. The Labute approximate surface area is 244 Å². The van der Waals surface area contributed by atoms with E-state index in [9.17, 15) is 10.1 Å². The largest absolute Gasteiger partial charge is 0.485 e. The molecule has 0 fully saturated rings. The van der Waals surface area contributed by atoms with Crippen LogP contribution in [-0.2, 0) is 30.8 Å². The van der Waals surface area contributed by atoms with Crippen LogP contribution in [0, 0.1) is 29.6 Å². The lowest BCUT2D eigenvalue weighted by molar-refractivity contribution is -0.113. The number of carbonyl (C=O) groups excluding carboxylic acids is 1. The SMILES string of the molecule is CCn1c(COc2ccc3ccccc3c2C)nnc1SCC(=O)Nc1sc2c(c1C#N)CC[C@@H](C(C)(C)C)C2. The lowest BCUT2D eigenvalue weighted by Crippen LogP contribution is -2.26. The van der Waals surface area contributed by atoms with Crippen molar-refractivity contribution >= 4 is 44.8 Å². The predicted octanol–water partition coefficient (Wildman–Crippen LogP) is 7.15. The predicted molar refractivity (Wildman–Crippen MR) is 162 cm³/mol. The topological polar surface area (TPSA) is 92.8 Å². The first kappa shape index (κ1) is 28.2. The van der Waals surface area contributed by atoms with Crippen molar-refractivity contribution < 1.29 is 9.53 Å². The number of anilines is 1. The van der Waals surface area contributed by atoms with Crippen LogP contribution in [-0.4, -0.2) is 26.4 Å². The molecule has 4 aromatic rings. The Morgan fingerprint density at radius 1 is 1.25 bits per heavy atom. The van der Waals surface area contributed by atoms with Crippen LogP contribution in [0.3, 0.4) is 0 Å². The van der Waals surface area contributed by atoms with E-state index < -0.39 is 0 Å². The van der Waals surface area contributed by atoms with Gasteiger partial charge in [0.1, 0.15) is 23.4 Å². The average molecular weight is 574 g/mol. The molecule has 0 aliphatic heterocycles. The maximum absolute atomic E-state index is 12.9. The number of amides is 1. The molecule has 0 saturated heterocycles. The number of rotatable bonds is 8. The Morgan fingerprint density at radius 2 is 2.05 bits per heavy atom. The minimum absolute atomic E-state index is 0.150. The third kappa shape index (κ3) is 5.74. The van der Waals surface area contributed by atoms with Crippen LogP contribution in [0.25, 0.3) is 10.8 Å². The minimum atomic E-state index is -0.150. The molecule has 1 aliphatic carbocycles. The fraction of sp³-hybridized carbons (Fsp3) is 0.419. The van der Waals surface area contributed by atoms with Crippen LogP contribution in [0.2, 0.25) is 0 Å². The number of aromatic nitrogens is 3. The molecule has 2 aromatic heterocycles. The third-order valence-electron chi connectivity index (χ3n) is 7.80. The molecule has 5 rings (SSSR count). The number of thioether (sulfide) groups is 1. The molecule has 0 bridgehead atoms. The molecular formula is C31H35N5O2S2. The summed E-state index contributed by atoms with van der Waals surface area (Å²) < 4.78 is 8.12. The first-order valence-electron chi connectivity index (χ1n) is 13.7. The minimum Gasteiger partial charge on any atom is -0.485 e. The molecule has 1 aliphatic rings. The highest BCUT2D eigenvalue weighted by atomic mass is 32.2. The van der Waals surface area contributed by atoms with Crippen LogP contribution in [0.1, 0.15) is 61.5 Å². The van der Waals surface area contributed by atoms with E-state index in [0.29, 0.717) is 34.0 Å². The fourth-order valence-corrected chi connectivity index (χ4v) is 7.50. The Bertz CT molecular complexity index is 1590. The van der Waals surface area contributed by atoms with Crippen LogP contribution < -0.4 is 10.1 Å². The van der Waals surface area contributed by atoms with Crippen molar-refractivity contribution in [1.29, 1.82) is 5.26 Å². The van der Waals surface area contributed by atoms with Gasteiger partial charge in [-0.3, -0.25) is 4.79 Å². The van der Waals surface area contributed by atoms with Gasteiger partial charge in [0, 0.05) is 11.4 Å². The Balaban J connectivity index is 1.22. The van der Waals surface area contributed by atoms with Crippen molar-refractivity contribution in [3.8, 4) is 11.8 Å². The number of nitrogens with zero attached hydrogens (tertiary/aromatic N) is 4. The van der Waals surface area contributed by atoms with Crippen molar-refractivity contribution in [1.82, 2.24) is 14.8 Å². The third-order valence-corrected chi connectivity index (χ3v) is 9.94. The van der Waals surface area contributed by atoms with E-state index in [1.54, 1.807) is 11.3 Å². The molecule has 0 saturated carbocycles. The molecule has 0 unspecified atom stereocenters. The Hall–Kier alpha value is -3.35. The van der Waals surface area contributed by atoms with Crippen molar-refractivity contribution in [2.24, 2.45) is 11.3 Å². The van der Waals surface area contributed by atoms with Gasteiger partial charge in [-0.1, -0.05) is 62.9 Å². The molecule has 7 nitrogen and oxygen atoms in total. The summed E-state index contributed by atoms with van der Waals surface area (Å²) in [5, 5.41) is 25.2. The summed E-state index contributed by atoms with van der Waals surface area (Å²) >= 11 is 2.90. The summed E-state index contributed by atoms with van der Waals surface area (Å²) in [4.78, 5) is 14.2. The first-order chi connectivity index (χ1) is 19.2. The lowest BCUT2D eigenvalue weighted by Gasteiger charge is -2.33. The van der Waals surface area contributed by atoms with E-state index in [-0.39, 0.29) is 23.7 Å². The van der Waals surface area contributed by atoms with Gasteiger partial charge in [0.05, 0.1) is 11.3 Å². The Kier molecular flexibility index (Phi) is 8.20. The number of carbonyl (C=O) groups is 1. The molecule has 1 amide bonds. The number of fused-ring (bicyclic) bond motifs is 2. The average Bonchev–Trinajstić information content (AvgIpc) is 3.50. The van der Waals surface area contributed by atoms with E-state index in [1.807, 2.05) is 29.7 Å². The van der Waals surface area contributed by atoms with Crippen LogP contribution in [0.4, 0.5) is 5.00 Å². The van der Waals surface area contributed by atoms with Gasteiger partial charge in [-0.15, -0.1) is 21.5 Å². The van der Waals surface area contributed by atoms with Gasteiger partial charge in [-0.25, -0.2) is 0 Å². The zero-order chi connectivity index (χ0) is 28.4. The van der Waals surface area contributed by atoms with E-state index in [4.69, 9.17) is 4.74 Å². The Morgan fingerprint density at radius 3 is 2.80 bits per heavy atom. The van der Waals surface area contributed by atoms with Crippen molar-refractivity contribution in [3.05, 3.63) is 63.8 Å². The van der Waals surface area contributed by atoms with Crippen LogP contribution in [0.15, 0.2) is 41.6 Å². The van der Waals surface area contributed by atoms with E-state index in [1.165, 1.54) is 27.4 Å². The number of ether oxygens (including phenoxy) is 1. The number of thiophene rings is 1. The van der Waals surface area contributed by atoms with Gasteiger partial charge < -0.3 is 14.6 Å². The second-order valence-corrected chi connectivity index (χ2v) is 13.4. The zero-order valence-electron chi connectivity index (χ0n) is 23.7. The first-order valence-corrected chi connectivity index (χ1v) is 15.5.